The summed E-state index contributed by atoms with van der Waals surface area (Å²) in [5.74, 6) is 0.981. The van der Waals surface area contributed by atoms with Crippen LogP contribution in [0.4, 0.5) is 0 Å². The molecule has 11 aromatic carbocycles. The third-order valence-corrected chi connectivity index (χ3v) is 17.6. The van der Waals surface area contributed by atoms with Crippen molar-refractivity contribution in [1.82, 2.24) is 27.8 Å². The number of aromatic nitrogens is 6. The van der Waals surface area contributed by atoms with E-state index in [0.717, 1.165) is 98.2 Å². The first-order chi connectivity index (χ1) is 43.9. The van der Waals surface area contributed by atoms with E-state index < -0.39 is 0 Å². The van der Waals surface area contributed by atoms with Crippen LogP contribution in [0.1, 0.15) is 33.4 Å². The Balaban J connectivity index is 1.23. The number of pyridine rings is 1. The van der Waals surface area contributed by atoms with Crippen LogP contribution >= 0.6 is 0 Å². The predicted octanol–water partition coefficient (Wildman–Crippen LogP) is 17.5. The third-order valence-electron chi connectivity index (χ3n) is 17.6. The minimum Gasteiger partial charge on any atom is -0.309 e. The minimum atomic E-state index is 0.432. The summed E-state index contributed by atoms with van der Waals surface area (Å²) in [5, 5.41) is 72.0. The summed E-state index contributed by atoms with van der Waals surface area (Å²) < 4.78 is 11.2. The molecule has 0 radical (unpaired) electrons. The lowest BCUT2D eigenvalue weighted by atomic mass is 9.95. The Morgan fingerprint density at radius 1 is 0.247 bits per heavy atom. The number of nitrogens with zero attached hydrogens (tertiary/aromatic N) is 12. The number of nitriles is 6. The van der Waals surface area contributed by atoms with Crippen molar-refractivity contribution < 1.29 is 0 Å². The Morgan fingerprint density at radius 3 is 0.921 bits per heavy atom. The molecule has 6 heterocycles. The SMILES string of the molecule is N#Cc1ccc2c(c1)c1cc(C#N)ccc1n2-c1nc(-n2c3ccccc3c3ccccc32)c(-n2c3ccc(C#N)cc3c3cc(C#N)ccc32)c(-c2cccc3c2c2ccccc2n3-c2ccccc2)c1-n1c2ccc(C#N)cc2c2cc(C#N)ccc21. The van der Waals surface area contributed by atoms with E-state index in [1.165, 1.54) is 0 Å². The van der Waals surface area contributed by atoms with Crippen LogP contribution in [0.2, 0.25) is 0 Å². The second-order valence-corrected chi connectivity index (χ2v) is 22.2. The van der Waals surface area contributed by atoms with Crippen molar-refractivity contribution in [2.24, 2.45) is 0 Å². The maximum absolute atomic E-state index is 10.7. The van der Waals surface area contributed by atoms with E-state index in [1.807, 2.05) is 140 Å². The molecule has 89 heavy (non-hydrogen) atoms. The fourth-order valence-electron chi connectivity index (χ4n) is 14.0. The molecule has 0 atom stereocenters. The predicted molar refractivity (Wildman–Crippen MR) is 350 cm³/mol. The fraction of sp³-hybridized carbons (Fsp3) is 0. The molecule has 12 nitrogen and oxygen atoms in total. The fourth-order valence-corrected chi connectivity index (χ4v) is 14.0. The molecular formula is C77H38N12. The molecule has 406 valence electrons. The van der Waals surface area contributed by atoms with Gasteiger partial charge >= 0.3 is 0 Å². The Kier molecular flexibility index (Phi) is 10.7. The van der Waals surface area contributed by atoms with Crippen molar-refractivity contribution in [1.29, 1.82) is 31.6 Å². The van der Waals surface area contributed by atoms with Gasteiger partial charge in [-0.2, -0.15) is 31.6 Å². The zero-order chi connectivity index (χ0) is 59.8. The molecule has 0 unspecified atom stereocenters. The number of hydrogen-bond acceptors (Lipinski definition) is 7. The number of fused-ring (bicyclic) bond motifs is 15. The van der Waals surface area contributed by atoms with Gasteiger partial charge in [-0.05, 0) is 151 Å². The van der Waals surface area contributed by atoms with Crippen molar-refractivity contribution in [3.63, 3.8) is 0 Å². The van der Waals surface area contributed by atoms with E-state index >= 15 is 0 Å². The van der Waals surface area contributed by atoms with E-state index in [1.54, 1.807) is 12.1 Å². The van der Waals surface area contributed by atoms with Gasteiger partial charge in [0.1, 0.15) is 11.4 Å². The van der Waals surface area contributed by atoms with Gasteiger partial charge in [0, 0.05) is 65.1 Å². The second-order valence-electron chi connectivity index (χ2n) is 22.2. The van der Waals surface area contributed by atoms with Crippen molar-refractivity contribution in [2.75, 3.05) is 0 Å². The molecule has 0 amide bonds. The maximum Gasteiger partial charge on any atom is 0.165 e. The molecule has 0 N–H and O–H groups in total. The topological polar surface area (TPSA) is 180 Å². The van der Waals surface area contributed by atoms with Gasteiger partial charge in [-0.15, -0.1) is 0 Å². The molecular weight excluding hydrogens is 1090 g/mol. The number of benzene rings is 11. The summed E-state index contributed by atoms with van der Waals surface area (Å²) in [6.45, 7) is 0. The lowest BCUT2D eigenvalue weighted by Crippen LogP contribution is -2.16. The molecule has 0 aliphatic rings. The third kappa shape index (κ3) is 7.06. The molecule has 17 rings (SSSR count). The zero-order valence-electron chi connectivity index (χ0n) is 46.8. The lowest BCUT2D eigenvalue weighted by Gasteiger charge is -2.27. The van der Waals surface area contributed by atoms with Crippen LogP contribution in [0.5, 0.6) is 0 Å². The van der Waals surface area contributed by atoms with Crippen LogP contribution in [-0.2, 0) is 0 Å². The highest BCUT2D eigenvalue weighted by Gasteiger charge is 2.34. The van der Waals surface area contributed by atoms with Gasteiger partial charge in [0.2, 0.25) is 0 Å². The van der Waals surface area contributed by atoms with E-state index in [-0.39, 0.29) is 0 Å². The van der Waals surface area contributed by atoms with E-state index in [9.17, 15) is 31.6 Å². The van der Waals surface area contributed by atoms with Gasteiger partial charge in [0.15, 0.2) is 11.6 Å². The first-order valence-electron chi connectivity index (χ1n) is 28.7. The van der Waals surface area contributed by atoms with Crippen LogP contribution in [0.3, 0.4) is 0 Å². The number of rotatable bonds is 6. The Hall–Kier alpha value is -13.5. The number of hydrogen-bond donors (Lipinski definition) is 0. The van der Waals surface area contributed by atoms with Crippen molar-refractivity contribution in [2.45, 2.75) is 0 Å². The zero-order valence-corrected chi connectivity index (χ0v) is 46.8. The lowest BCUT2D eigenvalue weighted by molar-refractivity contribution is 0.961. The van der Waals surface area contributed by atoms with Crippen LogP contribution in [0.25, 0.3) is 149 Å². The van der Waals surface area contributed by atoms with Crippen molar-refractivity contribution in [3.05, 3.63) is 264 Å². The van der Waals surface area contributed by atoms with Crippen molar-refractivity contribution in [3.8, 4) is 76.2 Å². The summed E-state index contributed by atoms with van der Waals surface area (Å²) in [5.41, 5.74) is 14.3. The van der Waals surface area contributed by atoms with Gasteiger partial charge in [0.05, 0.1) is 125 Å². The Morgan fingerprint density at radius 2 is 0.551 bits per heavy atom. The number of para-hydroxylation sites is 4. The molecule has 0 saturated carbocycles. The van der Waals surface area contributed by atoms with Gasteiger partial charge in [-0.3, -0.25) is 9.13 Å². The molecule has 17 aromatic rings. The van der Waals surface area contributed by atoms with Crippen LogP contribution in [-0.4, -0.2) is 27.8 Å². The maximum atomic E-state index is 10.7. The molecule has 6 aromatic heterocycles. The summed E-state index contributed by atoms with van der Waals surface area (Å²) in [4.78, 5) is 6.34. The normalized spacial score (nSPS) is 11.5. The molecule has 0 saturated heterocycles. The molecule has 0 aliphatic heterocycles. The van der Waals surface area contributed by atoms with Gasteiger partial charge in [0.25, 0.3) is 0 Å². The van der Waals surface area contributed by atoms with E-state index in [4.69, 9.17) is 4.98 Å². The average molecular weight is 1130 g/mol. The Labute approximate surface area is 505 Å². The van der Waals surface area contributed by atoms with E-state index in [2.05, 4.69) is 138 Å². The molecule has 0 spiro atoms. The van der Waals surface area contributed by atoms with Crippen LogP contribution < -0.4 is 0 Å². The summed E-state index contributed by atoms with van der Waals surface area (Å²) in [6, 6.07) is 90.2. The first kappa shape index (κ1) is 50.1. The average Bonchev–Trinajstić information content (AvgIpc) is 1.64. The highest BCUT2D eigenvalue weighted by molar-refractivity contribution is 6.21. The first-order valence-corrected chi connectivity index (χ1v) is 28.7. The highest BCUT2D eigenvalue weighted by atomic mass is 15.2. The molecule has 12 heteroatoms. The largest absolute Gasteiger partial charge is 0.309 e. The highest BCUT2D eigenvalue weighted by Crippen LogP contribution is 2.52. The summed E-state index contributed by atoms with van der Waals surface area (Å²) in [7, 11) is 0. The van der Waals surface area contributed by atoms with Gasteiger partial charge < -0.3 is 13.7 Å². The van der Waals surface area contributed by atoms with Gasteiger partial charge in [-0.1, -0.05) is 84.9 Å². The second kappa shape index (κ2) is 19.0. The van der Waals surface area contributed by atoms with Crippen LogP contribution in [0.15, 0.2) is 231 Å². The smallest absolute Gasteiger partial charge is 0.165 e. The monoisotopic (exact) mass is 1130 g/mol. The summed E-state index contributed by atoms with van der Waals surface area (Å²) >= 11 is 0. The molecule has 0 bridgehead atoms. The molecule has 0 aliphatic carbocycles. The molecule has 0 fully saturated rings. The quantitative estimate of drug-likeness (QED) is 0.159. The minimum absolute atomic E-state index is 0.432. The summed E-state index contributed by atoms with van der Waals surface area (Å²) in [6.07, 6.45) is 0. The van der Waals surface area contributed by atoms with Crippen LogP contribution in [0, 0.1) is 68.0 Å². The standard InChI is InChI=1S/C77H38N12/c78-39-45-21-27-65-56(33-45)57-34-46(40-79)22-28-66(57)86(65)74-73(55-16-10-20-71-72(55)54-15-6-9-19-64(54)85(71)51-11-2-1-3-12-51)75(87-67-29-23-47(41-80)35-58(67)59-36-48(42-81)24-30-68(59)87)77(84-76(74)88-62-17-7-4-13-52(62)53-14-5-8-18-63(53)88)89-69-31-25-49(43-82)37-60(69)61-38-50(44-83)26-32-70(61)89/h1-38H. The van der Waals surface area contributed by atoms with E-state index in [0.29, 0.717) is 84.0 Å². The Bertz CT molecular complexity index is 6050. The van der Waals surface area contributed by atoms with Crippen molar-refractivity contribution >= 4 is 109 Å². The van der Waals surface area contributed by atoms with Gasteiger partial charge in [-0.25, -0.2) is 4.98 Å².